The normalized spacial score (nSPS) is 20.4. The maximum Gasteiger partial charge on any atom is 0.231 e. The molecule has 0 aromatic heterocycles. The maximum atomic E-state index is 10.0. The largest absolute Gasteiger partial charge is 0.454 e. The van der Waals surface area contributed by atoms with Crippen LogP contribution in [-0.2, 0) is 4.74 Å². The van der Waals surface area contributed by atoms with E-state index in [0.717, 1.165) is 43.4 Å². The minimum absolute atomic E-state index is 0.280. The van der Waals surface area contributed by atoms with Crippen molar-refractivity contribution in [1.82, 2.24) is 4.90 Å². The molecule has 20 heavy (non-hydrogen) atoms. The van der Waals surface area contributed by atoms with Crippen LogP contribution in [-0.4, -0.2) is 55.8 Å². The minimum Gasteiger partial charge on any atom is -0.454 e. The summed E-state index contributed by atoms with van der Waals surface area (Å²) >= 11 is 0. The van der Waals surface area contributed by atoms with Crippen molar-refractivity contribution in [3.8, 4) is 11.5 Å². The number of benzene rings is 1. The molecule has 1 saturated heterocycles. The Balaban J connectivity index is 1.56. The van der Waals surface area contributed by atoms with Crippen LogP contribution in [0, 0.1) is 0 Å². The summed E-state index contributed by atoms with van der Waals surface area (Å²) in [5.41, 5.74) is 0.996. The van der Waals surface area contributed by atoms with Gasteiger partial charge in [-0.15, -0.1) is 0 Å². The van der Waals surface area contributed by atoms with Gasteiger partial charge in [-0.05, 0) is 17.7 Å². The Morgan fingerprint density at radius 2 is 2.00 bits per heavy atom. The highest BCUT2D eigenvalue weighted by molar-refractivity contribution is 5.56. The van der Waals surface area contributed by atoms with Crippen LogP contribution in [0.5, 0.6) is 11.5 Å². The van der Waals surface area contributed by atoms with Gasteiger partial charge < -0.3 is 19.3 Å². The molecular weight excluding hydrogens is 258 g/mol. The Morgan fingerprint density at radius 3 is 2.85 bits per heavy atom. The van der Waals surface area contributed by atoms with Crippen LogP contribution in [0.2, 0.25) is 0 Å². The van der Waals surface area contributed by atoms with E-state index in [1.54, 1.807) is 0 Å². The molecule has 1 unspecified atom stereocenters. The molecule has 5 heteroatoms. The molecule has 0 amide bonds. The van der Waals surface area contributed by atoms with E-state index in [1.165, 1.54) is 0 Å². The number of aliphatic hydroxyl groups is 1. The average molecular weight is 277 g/mol. The van der Waals surface area contributed by atoms with E-state index in [-0.39, 0.29) is 6.79 Å². The number of β-amino-alcohol motifs (C(OH)–C–C–N with tert-alkyl or cyclic N) is 1. The number of fused-ring (bicyclic) bond motifs is 1. The molecule has 1 aromatic rings. The second-order valence-electron chi connectivity index (χ2n) is 4.95. The molecule has 1 aromatic carbocycles. The Hall–Kier alpha value is -1.56. The zero-order chi connectivity index (χ0) is 13.8. The fourth-order valence-corrected chi connectivity index (χ4v) is 2.35. The van der Waals surface area contributed by atoms with Crippen molar-refractivity contribution in [2.45, 2.75) is 6.10 Å². The summed E-state index contributed by atoms with van der Waals surface area (Å²) < 4.78 is 15.9. The molecule has 0 bridgehead atoms. The summed E-state index contributed by atoms with van der Waals surface area (Å²) in [6.07, 6.45) is 3.25. The second-order valence-corrected chi connectivity index (χ2v) is 4.95. The Morgan fingerprint density at radius 1 is 1.20 bits per heavy atom. The van der Waals surface area contributed by atoms with Crippen molar-refractivity contribution in [1.29, 1.82) is 0 Å². The van der Waals surface area contributed by atoms with Gasteiger partial charge >= 0.3 is 0 Å². The number of rotatable bonds is 4. The van der Waals surface area contributed by atoms with Crippen molar-refractivity contribution in [2.24, 2.45) is 0 Å². The first-order valence-corrected chi connectivity index (χ1v) is 6.87. The Labute approximate surface area is 118 Å². The van der Waals surface area contributed by atoms with Crippen molar-refractivity contribution in [3.05, 3.63) is 29.8 Å². The first-order valence-electron chi connectivity index (χ1n) is 6.87. The molecule has 3 rings (SSSR count). The van der Waals surface area contributed by atoms with Gasteiger partial charge in [-0.3, -0.25) is 4.90 Å². The third kappa shape index (κ3) is 3.30. The minimum atomic E-state index is -0.474. The van der Waals surface area contributed by atoms with Gasteiger partial charge in [0.2, 0.25) is 6.79 Å². The first kappa shape index (κ1) is 13.4. The summed E-state index contributed by atoms with van der Waals surface area (Å²) in [5, 5.41) is 10.0. The lowest BCUT2D eigenvalue weighted by Gasteiger charge is -2.27. The van der Waals surface area contributed by atoms with E-state index in [0.29, 0.717) is 6.54 Å². The van der Waals surface area contributed by atoms with Crippen molar-refractivity contribution < 1.29 is 19.3 Å². The van der Waals surface area contributed by atoms with Gasteiger partial charge in [0.1, 0.15) is 0 Å². The van der Waals surface area contributed by atoms with Crippen LogP contribution in [0.4, 0.5) is 0 Å². The predicted octanol–water partition coefficient (Wildman–Crippen LogP) is 1.12. The molecule has 2 heterocycles. The second kappa shape index (κ2) is 6.26. The highest BCUT2D eigenvalue weighted by atomic mass is 16.7. The van der Waals surface area contributed by atoms with E-state index >= 15 is 0 Å². The van der Waals surface area contributed by atoms with Gasteiger partial charge in [-0.1, -0.05) is 18.2 Å². The predicted molar refractivity (Wildman–Crippen MR) is 74.9 cm³/mol. The lowest BCUT2D eigenvalue weighted by Crippen LogP contribution is -2.40. The fraction of sp³-hybridized carbons (Fsp3) is 0.467. The third-order valence-electron chi connectivity index (χ3n) is 3.46. The van der Waals surface area contributed by atoms with Gasteiger partial charge in [0.15, 0.2) is 11.5 Å². The monoisotopic (exact) mass is 277 g/mol. The molecule has 0 spiro atoms. The quantitative estimate of drug-likeness (QED) is 0.894. The summed E-state index contributed by atoms with van der Waals surface area (Å²) in [6.45, 7) is 4.19. The van der Waals surface area contributed by atoms with Crippen LogP contribution in [0.25, 0.3) is 6.08 Å². The number of nitrogens with zero attached hydrogens (tertiary/aromatic N) is 1. The van der Waals surface area contributed by atoms with Crippen LogP contribution >= 0.6 is 0 Å². The summed E-state index contributed by atoms with van der Waals surface area (Å²) in [5.74, 6) is 1.53. The van der Waals surface area contributed by atoms with Crippen LogP contribution in [0.15, 0.2) is 24.3 Å². The number of hydrogen-bond donors (Lipinski definition) is 1. The summed E-state index contributed by atoms with van der Waals surface area (Å²) in [4.78, 5) is 2.21. The van der Waals surface area contributed by atoms with E-state index in [4.69, 9.17) is 14.2 Å². The van der Waals surface area contributed by atoms with E-state index in [1.807, 2.05) is 30.4 Å². The topological polar surface area (TPSA) is 51.2 Å². The van der Waals surface area contributed by atoms with Crippen LogP contribution in [0.3, 0.4) is 0 Å². The van der Waals surface area contributed by atoms with E-state index in [2.05, 4.69) is 4.90 Å². The fourth-order valence-electron chi connectivity index (χ4n) is 2.35. The molecule has 108 valence electrons. The molecular formula is C15H19NO4. The standard InChI is InChI=1S/C15H19NO4/c17-13(10-16-5-7-18-8-6-16)3-1-12-2-4-14-15(9-12)20-11-19-14/h1-4,9,13,17H,5-8,10-11H2/b3-1+. The zero-order valence-corrected chi connectivity index (χ0v) is 11.3. The molecule has 0 aliphatic carbocycles. The van der Waals surface area contributed by atoms with Gasteiger partial charge in [0.25, 0.3) is 0 Å². The molecule has 1 fully saturated rings. The van der Waals surface area contributed by atoms with Gasteiger partial charge in [0, 0.05) is 19.6 Å². The lowest BCUT2D eigenvalue weighted by atomic mass is 10.1. The van der Waals surface area contributed by atoms with E-state index in [9.17, 15) is 5.11 Å². The van der Waals surface area contributed by atoms with Crippen molar-refractivity contribution in [3.63, 3.8) is 0 Å². The molecule has 1 N–H and O–H groups in total. The molecule has 2 aliphatic rings. The van der Waals surface area contributed by atoms with Crippen LogP contribution in [0.1, 0.15) is 5.56 Å². The maximum absolute atomic E-state index is 10.0. The highest BCUT2D eigenvalue weighted by Crippen LogP contribution is 2.32. The molecule has 0 saturated carbocycles. The van der Waals surface area contributed by atoms with Gasteiger partial charge in [0.05, 0.1) is 19.3 Å². The molecule has 0 radical (unpaired) electrons. The van der Waals surface area contributed by atoms with Crippen LogP contribution < -0.4 is 9.47 Å². The Bertz CT molecular complexity index is 483. The van der Waals surface area contributed by atoms with E-state index < -0.39 is 6.10 Å². The SMILES string of the molecule is OC(/C=C/c1ccc2c(c1)OCO2)CN1CCOCC1. The van der Waals surface area contributed by atoms with Crippen molar-refractivity contribution in [2.75, 3.05) is 39.6 Å². The smallest absolute Gasteiger partial charge is 0.231 e. The van der Waals surface area contributed by atoms with Gasteiger partial charge in [-0.2, -0.15) is 0 Å². The number of hydrogen-bond acceptors (Lipinski definition) is 5. The number of morpholine rings is 1. The first-order chi connectivity index (χ1) is 9.81. The number of ether oxygens (including phenoxy) is 3. The Kier molecular flexibility index (Phi) is 4.20. The van der Waals surface area contributed by atoms with Crippen molar-refractivity contribution >= 4 is 6.08 Å². The molecule has 5 nitrogen and oxygen atoms in total. The van der Waals surface area contributed by atoms with Gasteiger partial charge in [-0.25, -0.2) is 0 Å². The third-order valence-corrected chi connectivity index (χ3v) is 3.46. The molecule has 1 atom stereocenters. The molecule has 2 aliphatic heterocycles. The number of aliphatic hydroxyl groups excluding tert-OH is 1. The average Bonchev–Trinajstić information content (AvgIpc) is 2.93. The summed E-state index contributed by atoms with van der Waals surface area (Å²) in [7, 11) is 0. The highest BCUT2D eigenvalue weighted by Gasteiger charge is 2.14. The zero-order valence-electron chi connectivity index (χ0n) is 11.3. The summed E-state index contributed by atoms with van der Waals surface area (Å²) in [6, 6.07) is 5.75. The lowest BCUT2D eigenvalue weighted by molar-refractivity contribution is 0.0223.